The Bertz CT molecular complexity index is 382. The molecule has 15 heavy (non-hydrogen) atoms. The summed E-state index contributed by atoms with van der Waals surface area (Å²) in [5, 5.41) is 0. The van der Waals surface area contributed by atoms with Gasteiger partial charge in [-0.05, 0) is 72.5 Å². The van der Waals surface area contributed by atoms with Gasteiger partial charge in [-0.2, -0.15) is 0 Å². The molecule has 0 saturated carbocycles. The Morgan fingerprint density at radius 2 is 1.87 bits per heavy atom. The first-order valence-electron chi connectivity index (χ1n) is 5.18. The number of Topliss-reactive ketones (excluding diaryl/α,β-unsaturated/α-hetero) is 1. The maximum absolute atomic E-state index is 11.2. The molecule has 1 aromatic carbocycles. The largest absolute Gasteiger partial charge is 0.300 e. The van der Waals surface area contributed by atoms with Crippen molar-refractivity contribution < 1.29 is 4.79 Å². The van der Waals surface area contributed by atoms with Crippen LogP contribution in [0.2, 0.25) is 0 Å². The average molecular weight is 316 g/mol. The van der Waals surface area contributed by atoms with Crippen molar-refractivity contribution in [3.63, 3.8) is 0 Å². The number of carbonyl (C=O) groups excluding carboxylic acids is 1. The lowest BCUT2D eigenvalue weighted by Gasteiger charge is -2.12. The summed E-state index contributed by atoms with van der Waals surface area (Å²) < 4.78 is 1.27. The maximum atomic E-state index is 11.2. The van der Waals surface area contributed by atoms with Crippen LogP contribution in [0.1, 0.15) is 30.5 Å². The second-order valence-electron chi connectivity index (χ2n) is 4.24. The summed E-state index contributed by atoms with van der Waals surface area (Å²) in [5.74, 6) is 0.393. The van der Waals surface area contributed by atoms with Crippen LogP contribution in [-0.4, -0.2) is 5.78 Å². The Morgan fingerprint density at radius 3 is 2.40 bits per heavy atom. The maximum Gasteiger partial charge on any atom is 0.132 e. The van der Waals surface area contributed by atoms with Crippen molar-refractivity contribution in [2.75, 3.05) is 0 Å². The van der Waals surface area contributed by atoms with E-state index in [-0.39, 0.29) is 11.7 Å². The molecule has 0 aromatic heterocycles. The van der Waals surface area contributed by atoms with Crippen molar-refractivity contribution in [2.45, 2.75) is 34.1 Å². The summed E-state index contributed by atoms with van der Waals surface area (Å²) in [4.78, 5) is 11.2. The molecule has 0 aliphatic heterocycles. The van der Waals surface area contributed by atoms with Gasteiger partial charge in [0.15, 0.2) is 0 Å². The molecule has 1 rings (SSSR count). The second kappa shape index (κ2) is 5.10. The second-order valence-corrected chi connectivity index (χ2v) is 5.41. The normalized spacial score (nSPS) is 12.6. The van der Waals surface area contributed by atoms with Crippen LogP contribution >= 0.6 is 22.6 Å². The van der Waals surface area contributed by atoms with E-state index in [9.17, 15) is 4.79 Å². The molecular formula is C13H17IO. The van der Waals surface area contributed by atoms with Gasteiger partial charge in [0.25, 0.3) is 0 Å². The minimum atomic E-state index is 0.126. The molecule has 1 aromatic rings. The Labute approximate surface area is 105 Å². The van der Waals surface area contributed by atoms with Crippen LogP contribution in [0, 0.1) is 23.3 Å². The van der Waals surface area contributed by atoms with E-state index in [1.165, 1.54) is 20.3 Å². The van der Waals surface area contributed by atoms with E-state index in [0.717, 1.165) is 6.42 Å². The Balaban J connectivity index is 2.95. The first-order valence-corrected chi connectivity index (χ1v) is 6.25. The highest BCUT2D eigenvalue weighted by molar-refractivity contribution is 14.1. The molecule has 0 aliphatic rings. The lowest BCUT2D eigenvalue weighted by Crippen LogP contribution is -2.10. The Morgan fingerprint density at radius 1 is 1.33 bits per heavy atom. The molecular weight excluding hydrogens is 299 g/mol. The van der Waals surface area contributed by atoms with Crippen LogP contribution in [0.5, 0.6) is 0 Å². The van der Waals surface area contributed by atoms with Crippen LogP contribution < -0.4 is 0 Å². The van der Waals surface area contributed by atoms with Gasteiger partial charge in [0, 0.05) is 9.49 Å². The molecule has 0 fully saturated rings. The van der Waals surface area contributed by atoms with Crippen LogP contribution in [0.4, 0.5) is 0 Å². The van der Waals surface area contributed by atoms with Crippen molar-refractivity contribution in [1.29, 1.82) is 0 Å². The summed E-state index contributed by atoms with van der Waals surface area (Å²) in [7, 11) is 0. The molecule has 0 heterocycles. The molecule has 0 saturated heterocycles. The number of benzene rings is 1. The summed E-state index contributed by atoms with van der Waals surface area (Å²) in [5.41, 5.74) is 3.92. The zero-order valence-corrected chi connectivity index (χ0v) is 11.9. The molecule has 0 radical (unpaired) electrons. The van der Waals surface area contributed by atoms with Gasteiger partial charge in [0.2, 0.25) is 0 Å². The fourth-order valence-electron chi connectivity index (χ4n) is 1.47. The van der Waals surface area contributed by atoms with E-state index in [2.05, 4.69) is 48.6 Å². The quantitative estimate of drug-likeness (QED) is 0.778. The zero-order chi connectivity index (χ0) is 11.6. The highest BCUT2D eigenvalue weighted by Gasteiger charge is 2.11. The van der Waals surface area contributed by atoms with Crippen molar-refractivity contribution in [3.05, 3.63) is 32.4 Å². The molecule has 0 spiro atoms. The molecule has 0 bridgehead atoms. The number of ketones is 1. The summed E-state index contributed by atoms with van der Waals surface area (Å²) >= 11 is 2.35. The lowest BCUT2D eigenvalue weighted by atomic mass is 9.95. The van der Waals surface area contributed by atoms with Gasteiger partial charge in [-0.1, -0.05) is 13.0 Å². The molecule has 0 N–H and O–H groups in total. The molecule has 1 atom stereocenters. The van der Waals surface area contributed by atoms with E-state index in [1.54, 1.807) is 6.92 Å². The van der Waals surface area contributed by atoms with Crippen molar-refractivity contribution in [3.8, 4) is 0 Å². The minimum Gasteiger partial charge on any atom is -0.300 e. The first kappa shape index (κ1) is 12.7. The molecule has 0 unspecified atom stereocenters. The van der Waals surface area contributed by atoms with E-state index in [1.807, 2.05) is 6.92 Å². The number of aryl methyl sites for hydroxylation is 2. The Kier molecular flexibility index (Phi) is 4.32. The van der Waals surface area contributed by atoms with Crippen LogP contribution in [-0.2, 0) is 11.2 Å². The van der Waals surface area contributed by atoms with Gasteiger partial charge >= 0.3 is 0 Å². The van der Waals surface area contributed by atoms with Gasteiger partial charge in [0.1, 0.15) is 5.78 Å². The lowest BCUT2D eigenvalue weighted by molar-refractivity contribution is -0.120. The van der Waals surface area contributed by atoms with E-state index >= 15 is 0 Å². The van der Waals surface area contributed by atoms with E-state index in [0.29, 0.717) is 0 Å². The fourth-order valence-corrected chi connectivity index (χ4v) is 2.31. The topological polar surface area (TPSA) is 17.1 Å². The van der Waals surface area contributed by atoms with Gasteiger partial charge in [-0.3, -0.25) is 4.79 Å². The van der Waals surface area contributed by atoms with E-state index in [4.69, 9.17) is 0 Å². The molecule has 0 aliphatic carbocycles. The first-order chi connectivity index (χ1) is 6.91. The summed E-state index contributed by atoms with van der Waals surface area (Å²) in [6.45, 7) is 7.90. The standard InChI is InChI=1S/C13H17IO/c1-8-5-12(6-10(3)11(4)15)13(14)7-9(8)2/h5,7,10H,6H2,1-4H3/t10-/m0/s1. The summed E-state index contributed by atoms with van der Waals surface area (Å²) in [6, 6.07) is 4.40. The highest BCUT2D eigenvalue weighted by Crippen LogP contribution is 2.21. The van der Waals surface area contributed by atoms with Gasteiger partial charge < -0.3 is 0 Å². The third-order valence-corrected chi connectivity index (χ3v) is 3.89. The van der Waals surface area contributed by atoms with Gasteiger partial charge in [-0.25, -0.2) is 0 Å². The van der Waals surface area contributed by atoms with Crippen LogP contribution in [0.25, 0.3) is 0 Å². The predicted molar refractivity (Wildman–Crippen MR) is 72.2 cm³/mol. The molecule has 1 nitrogen and oxygen atoms in total. The SMILES string of the molecule is CC(=O)[C@@H](C)Cc1cc(C)c(C)cc1I. The number of rotatable bonds is 3. The number of halogens is 1. The van der Waals surface area contributed by atoms with Crippen LogP contribution in [0.15, 0.2) is 12.1 Å². The van der Waals surface area contributed by atoms with Crippen molar-refractivity contribution in [2.24, 2.45) is 5.92 Å². The number of hydrogen-bond acceptors (Lipinski definition) is 1. The minimum absolute atomic E-state index is 0.126. The average Bonchev–Trinajstić information content (AvgIpc) is 2.13. The molecule has 0 amide bonds. The fraction of sp³-hybridized carbons (Fsp3) is 0.462. The number of hydrogen-bond donors (Lipinski definition) is 0. The van der Waals surface area contributed by atoms with Gasteiger partial charge in [-0.15, -0.1) is 0 Å². The van der Waals surface area contributed by atoms with Crippen molar-refractivity contribution in [1.82, 2.24) is 0 Å². The van der Waals surface area contributed by atoms with Crippen LogP contribution in [0.3, 0.4) is 0 Å². The molecule has 2 heteroatoms. The van der Waals surface area contributed by atoms with Crippen molar-refractivity contribution >= 4 is 28.4 Å². The predicted octanol–water partition coefficient (Wildman–Crippen LogP) is 3.68. The Hall–Kier alpha value is -0.380. The highest BCUT2D eigenvalue weighted by atomic mass is 127. The third kappa shape index (κ3) is 3.30. The number of carbonyl (C=O) groups is 1. The van der Waals surface area contributed by atoms with E-state index < -0.39 is 0 Å². The monoisotopic (exact) mass is 316 g/mol. The molecule has 82 valence electrons. The summed E-state index contributed by atoms with van der Waals surface area (Å²) in [6.07, 6.45) is 0.856. The zero-order valence-electron chi connectivity index (χ0n) is 9.73. The third-order valence-electron chi connectivity index (χ3n) is 2.88. The smallest absolute Gasteiger partial charge is 0.132 e. The van der Waals surface area contributed by atoms with Gasteiger partial charge in [0.05, 0.1) is 0 Å².